The summed E-state index contributed by atoms with van der Waals surface area (Å²) in [6.07, 6.45) is 5.20. The van der Waals surface area contributed by atoms with E-state index in [-0.39, 0.29) is 72.3 Å². The van der Waals surface area contributed by atoms with Crippen LogP contribution in [0.3, 0.4) is 0 Å². The number of benzene rings is 2. The summed E-state index contributed by atoms with van der Waals surface area (Å²) in [5.74, 6) is -9.35. The molecule has 81 heavy (non-hydrogen) atoms. The van der Waals surface area contributed by atoms with Crippen molar-refractivity contribution in [1.29, 1.82) is 0 Å². The number of carboxylic acid groups (broad SMARTS) is 2. The Morgan fingerprint density at radius 1 is 0.593 bits per heavy atom. The Bertz CT molecular complexity index is 3440. The Morgan fingerprint density at radius 2 is 1.02 bits per heavy atom. The molecule has 27 nitrogen and oxygen atoms in total. The van der Waals surface area contributed by atoms with E-state index in [4.69, 9.17) is 0 Å². The van der Waals surface area contributed by atoms with E-state index in [2.05, 4.69) is 21.3 Å². The van der Waals surface area contributed by atoms with Crippen LogP contribution in [0.4, 0.5) is 11.4 Å². The molecule has 31 heteroatoms. The molecule has 0 bridgehead atoms. The zero-order valence-corrected chi connectivity index (χ0v) is 48.1. The molecular weight excluding hydrogens is 1150 g/mol. The number of carbonyl (C=O) groups is 7. The Kier molecular flexibility index (Phi) is 21.1. The molecule has 2 aromatic rings. The third-order valence-electron chi connectivity index (χ3n) is 13.9. The van der Waals surface area contributed by atoms with Crippen molar-refractivity contribution in [3.8, 4) is 0 Å². The van der Waals surface area contributed by atoms with Crippen LogP contribution in [0.2, 0.25) is 0 Å². The van der Waals surface area contributed by atoms with Crippen molar-refractivity contribution >= 4 is 98.9 Å². The highest BCUT2D eigenvalue weighted by Crippen LogP contribution is 2.50. The van der Waals surface area contributed by atoms with Crippen LogP contribution in [0.25, 0.3) is 0 Å². The van der Waals surface area contributed by atoms with Gasteiger partial charge in [-0.1, -0.05) is 26.3 Å². The third-order valence-corrected chi connectivity index (χ3v) is 16.8. The number of ketones is 1. The Hall–Kier alpha value is -6.48. The van der Waals surface area contributed by atoms with Gasteiger partial charge in [0.25, 0.3) is 64.1 Å². The summed E-state index contributed by atoms with van der Waals surface area (Å²) in [6.45, 7) is 5.15. The molecule has 0 saturated heterocycles. The maximum atomic E-state index is 14.6. The van der Waals surface area contributed by atoms with Crippen LogP contribution in [-0.2, 0) is 65.7 Å². The van der Waals surface area contributed by atoms with Gasteiger partial charge in [-0.3, -0.25) is 51.8 Å². The van der Waals surface area contributed by atoms with Crippen LogP contribution in [0, 0.1) is 0 Å². The third kappa shape index (κ3) is 17.8. The number of nitrogens with zero attached hydrogens (tertiary/aromatic N) is 2. The molecular formula is C50H67N6O21S4+. The molecule has 0 aromatic heterocycles. The van der Waals surface area contributed by atoms with E-state index >= 15 is 0 Å². The minimum absolute atomic E-state index is 0.0331. The number of carboxylic acids is 2. The first-order valence-electron chi connectivity index (χ1n) is 25.5. The van der Waals surface area contributed by atoms with E-state index in [0.29, 0.717) is 60.2 Å². The lowest BCUT2D eigenvalue weighted by Crippen LogP contribution is -2.42. The number of aliphatic carboxylic acids is 2. The summed E-state index contributed by atoms with van der Waals surface area (Å²) in [6, 6.07) is 4.52. The summed E-state index contributed by atoms with van der Waals surface area (Å²) in [7, 11) is -18.1. The lowest BCUT2D eigenvalue weighted by atomic mass is 9.73. The van der Waals surface area contributed by atoms with Crippen molar-refractivity contribution < 1.29 is 100 Å². The quantitative estimate of drug-likeness (QED) is 0.0231. The topological polar surface area (TPSA) is 432 Å². The van der Waals surface area contributed by atoms with Crippen molar-refractivity contribution in [1.82, 2.24) is 21.3 Å². The second-order valence-electron chi connectivity index (χ2n) is 20.8. The van der Waals surface area contributed by atoms with Gasteiger partial charge >= 0.3 is 11.9 Å². The van der Waals surface area contributed by atoms with Crippen molar-refractivity contribution in [3.63, 3.8) is 0 Å². The first-order valence-corrected chi connectivity index (χ1v) is 32.0. The summed E-state index contributed by atoms with van der Waals surface area (Å²) in [5, 5.41) is 28.3. The van der Waals surface area contributed by atoms with E-state index in [0.717, 1.165) is 0 Å². The molecule has 4 amide bonds. The lowest BCUT2D eigenvalue weighted by molar-refractivity contribution is -0.438. The Morgan fingerprint density at radius 3 is 1.47 bits per heavy atom. The largest absolute Gasteiger partial charge is 0.481 e. The van der Waals surface area contributed by atoms with Gasteiger partial charge in [-0.25, -0.2) is 0 Å². The van der Waals surface area contributed by atoms with Gasteiger partial charge in [0, 0.05) is 109 Å². The molecule has 1 saturated carbocycles. The predicted octanol–water partition coefficient (Wildman–Crippen LogP) is 1.82. The van der Waals surface area contributed by atoms with Gasteiger partial charge in [0.05, 0.1) is 45.6 Å². The molecule has 446 valence electrons. The maximum absolute atomic E-state index is 14.6. The fourth-order valence-corrected chi connectivity index (χ4v) is 11.5. The van der Waals surface area contributed by atoms with Crippen LogP contribution < -0.4 is 26.2 Å². The first kappa shape index (κ1) is 65.3. The van der Waals surface area contributed by atoms with Crippen LogP contribution in [-0.4, -0.2) is 182 Å². The SMILES string of the molecule is CC1(C)C(/C=C2\C/C(=C\C3N(CCCCCC(=O)O)c4cc(C(=O)NCCS(=O)(=O)O)cc(C(=O)NCCS(=O)(=O)O)c4C3(C)C)C2=O)=[N+](CCCCCC(=O)O)c2cc(C(=O)NCCS(=O)(=O)O)cc(C(=O)NCCS(=O)(=O)O)c21. The van der Waals surface area contributed by atoms with Crippen molar-refractivity contribution in [2.75, 3.05) is 67.2 Å². The number of carbonyl (C=O) groups excluding carboxylic acids is 5. The maximum Gasteiger partial charge on any atom is 0.303 e. The fourth-order valence-electron chi connectivity index (χ4n) is 10.1. The zero-order valence-electron chi connectivity index (χ0n) is 44.8. The van der Waals surface area contributed by atoms with Crippen molar-refractivity contribution in [3.05, 3.63) is 80.9 Å². The highest BCUT2D eigenvalue weighted by Gasteiger charge is 2.50. The summed E-state index contributed by atoms with van der Waals surface area (Å²) < 4.78 is 131. The van der Waals surface area contributed by atoms with Crippen LogP contribution in [0.1, 0.15) is 138 Å². The van der Waals surface area contributed by atoms with Gasteiger partial charge in [0.1, 0.15) is 6.54 Å². The number of fused-ring (bicyclic) bond motifs is 2. The molecule has 1 fully saturated rings. The number of Topliss-reactive ketones (excluding diaryl/α,β-unsaturated/α-hetero) is 1. The van der Waals surface area contributed by atoms with Gasteiger partial charge in [-0.05, 0) is 63.3 Å². The standard InChI is InChI=1S/C50H66N6O21S4/c1-49(2)38(55(17-9-5-7-11-40(57)58)36-26-32(45(62)51-13-19-78(66,67)68)24-34(42(36)49)47(64)53-15-21-80(72,73)74)28-30-23-31(44(30)61)29-39-50(3,4)43-35(48(65)54-16-22-81(75,76)77)25-33(46(63)52-14-20-79(69,70)71)27-37(43)56(39)18-10-6-8-12-41(59)60/h24-29,38H,5-23H2,1-4H3,(H9-,51,52,53,54,57,58,59,60,62,63,64,65,66,67,68,69,70,71,72,73,74,75,76,77)/p+1/b30-28+,31-29+. The number of rotatable bonds is 30. The predicted molar refractivity (Wildman–Crippen MR) is 293 cm³/mol. The molecule has 2 aliphatic heterocycles. The van der Waals surface area contributed by atoms with Gasteiger partial charge in [0.15, 0.2) is 11.5 Å². The molecule has 1 aliphatic carbocycles. The number of anilines is 1. The molecule has 1 unspecified atom stereocenters. The normalized spacial score (nSPS) is 17.6. The summed E-state index contributed by atoms with van der Waals surface area (Å²) in [5.41, 5.74) is -0.604. The highest BCUT2D eigenvalue weighted by atomic mass is 32.2. The average molecular weight is 1220 g/mol. The molecule has 2 heterocycles. The zero-order chi connectivity index (χ0) is 60.6. The van der Waals surface area contributed by atoms with E-state index in [9.17, 15) is 95.7 Å². The molecule has 1 atom stereocenters. The van der Waals surface area contributed by atoms with E-state index in [1.807, 2.05) is 4.90 Å². The summed E-state index contributed by atoms with van der Waals surface area (Å²) in [4.78, 5) is 94.6. The molecule has 2 aromatic carbocycles. The number of nitrogens with one attached hydrogen (secondary N) is 4. The van der Waals surface area contributed by atoms with E-state index in [1.165, 1.54) is 24.3 Å². The van der Waals surface area contributed by atoms with Gasteiger partial charge in [-0.15, -0.1) is 0 Å². The van der Waals surface area contributed by atoms with Crippen molar-refractivity contribution in [2.45, 2.75) is 102 Å². The number of allylic oxidation sites excluding steroid dienone is 3. The fraction of sp³-hybridized carbons (Fsp3) is 0.520. The number of hydrogen-bond donors (Lipinski definition) is 10. The molecule has 10 N–H and O–H groups in total. The molecule has 5 rings (SSSR count). The minimum atomic E-state index is -4.54. The summed E-state index contributed by atoms with van der Waals surface area (Å²) >= 11 is 0. The molecule has 0 spiro atoms. The van der Waals surface area contributed by atoms with Gasteiger partial charge in [-0.2, -0.15) is 38.2 Å². The molecule has 0 radical (unpaired) electrons. The van der Waals surface area contributed by atoms with E-state index in [1.54, 1.807) is 44.4 Å². The van der Waals surface area contributed by atoms with Crippen LogP contribution in [0.5, 0.6) is 0 Å². The second kappa shape index (κ2) is 26.2. The monoisotopic (exact) mass is 1220 g/mol. The minimum Gasteiger partial charge on any atom is -0.481 e. The smallest absolute Gasteiger partial charge is 0.303 e. The lowest BCUT2D eigenvalue weighted by Gasteiger charge is -2.34. The number of amides is 4. The van der Waals surface area contributed by atoms with Crippen LogP contribution in [0.15, 0.2) is 47.6 Å². The van der Waals surface area contributed by atoms with Crippen molar-refractivity contribution in [2.24, 2.45) is 0 Å². The first-order chi connectivity index (χ1) is 37.4. The van der Waals surface area contributed by atoms with Gasteiger partial charge < -0.3 is 36.4 Å². The average Bonchev–Trinajstić information content (AvgIpc) is 3.14. The van der Waals surface area contributed by atoms with Crippen LogP contribution >= 0.6 is 0 Å². The Labute approximate surface area is 468 Å². The number of unbranched alkanes of at least 4 members (excludes halogenated alkanes) is 4. The van der Waals surface area contributed by atoms with E-state index < -0.39 is 148 Å². The second-order valence-corrected chi connectivity index (χ2v) is 27.1. The molecule has 3 aliphatic rings. The number of hydrogen-bond acceptors (Lipinski definition) is 16. The van der Waals surface area contributed by atoms with Gasteiger partial charge in [0.2, 0.25) is 5.69 Å². The Balaban J connectivity index is 1.64. The highest BCUT2D eigenvalue weighted by molar-refractivity contribution is 7.86.